The molecule has 4 rings (SSSR count). The molecule has 0 saturated heterocycles. The van der Waals surface area contributed by atoms with Crippen molar-refractivity contribution in [2.45, 2.75) is 0 Å². The Morgan fingerprint density at radius 2 is 0.733 bits per heavy atom. The van der Waals surface area contributed by atoms with Gasteiger partial charge in [0, 0.05) is 0 Å². The summed E-state index contributed by atoms with van der Waals surface area (Å²) in [6.07, 6.45) is 0. The molecule has 8 heteroatoms. The summed E-state index contributed by atoms with van der Waals surface area (Å²) in [7, 11) is 0. The van der Waals surface area contributed by atoms with Gasteiger partial charge in [0.15, 0.2) is 0 Å². The largest absolute Gasteiger partial charge is 0.478 e. The molecule has 0 unspecified atom stereocenters. The van der Waals surface area contributed by atoms with E-state index in [2.05, 4.69) is 0 Å². The lowest BCUT2D eigenvalue weighted by atomic mass is 9.92. The molecular weight excluding hydrogens is 392 g/mol. The van der Waals surface area contributed by atoms with Crippen LogP contribution in [-0.2, 0) is 0 Å². The normalized spacial score (nSPS) is 11.1. The molecule has 0 heterocycles. The predicted molar refractivity (Wildman–Crippen MR) is 107 cm³/mol. The Bertz CT molecular complexity index is 1340. The Morgan fingerprint density at radius 3 is 1.03 bits per heavy atom. The maximum absolute atomic E-state index is 11.6. The number of carboxylic acid groups (broad SMARTS) is 4. The van der Waals surface area contributed by atoms with Crippen LogP contribution in [0.4, 0.5) is 0 Å². The quantitative estimate of drug-likeness (QED) is 0.374. The van der Waals surface area contributed by atoms with Gasteiger partial charge >= 0.3 is 23.9 Å². The molecule has 0 spiro atoms. The van der Waals surface area contributed by atoms with Crippen LogP contribution in [0.2, 0.25) is 0 Å². The summed E-state index contributed by atoms with van der Waals surface area (Å²) in [6.45, 7) is 0. The van der Waals surface area contributed by atoms with Crippen LogP contribution in [0.15, 0.2) is 48.5 Å². The lowest BCUT2D eigenvalue weighted by Gasteiger charge is -2.12. The first kappa shape index (κ1) is 18.9. The molecular formula is C22H12O8. The molecule has 8 nitrogen and oxygen atoms in total. The minimum absolute atomic E-state index is 0.339. The molecule has 0 fully saturated rings. The zero-order valence-corrected chi connectivity index (χ0v) is 15.0. The predicted octanol–water partition coefficient (Wildman–Crippen LogP) is 3.94. The van der Waals surface area contributed by atoms with E-state index in [9.17, 15) is 39.6 Å². The number of fused-ring (bicyclic) bond motifs is 5. The summed E-state index contributed by atoms with van der Waals surface area (Å²) >= 11 is 0. The molecule has 0 radical (unpaired) electrons. The number of benzene rings is 4. The van der Waals surface area contributed by atoms with Crippen LogP contribution < -0.4 is 0 Å². The third kappa shape index (κ3) is 2.78. The maximum Gasteiger partial charge on any atom is 0.336 e. The van der Waals surface area contributed by atoms with Crippen molar-refractivity contribution in [3.8, 4) is 0 Å². The third-order valence-electron chi connectivity index (χ3n) is 5.03. The van der Waals surface area contributed by atoms with Crippen LogP contribution in [0.25, 0.3) is 32.3 Å². The summed E-state index contributed by atoms with van der Waals surface area (Å²) in [5, 5.41) is 40.6. The van der Waals surface area contributed by atoms with E-state index < -0.39 is 23.9 Å². The standard InChI is InChI=1S/C22H12O8/c23-19(24)15-5-9-1-3-11-12(13(9)7-17(15)21(27)28)4-2-10-6-16(20(25)26)18(22(29)30)8-14(10)11/h1-8H,(H,23,24)(H,25,26)(H,27,28)(H,29,30). The van der Waals surface area contributed by atoms with Gasteiger partial charge in [-0.25, -0.2) is 19.2 Å². The number of carbonyl (C=O) groups is 4. The van der Waals surface area contributed by atoms with Crippen molar-refractivity contribution in [2.24, 2.45) is 0 Å². The van der Waals surface area contributed by atoms with Crippen molar-refractivity contribution in [1.82, 2.24) is 0 Å². The molecule has 4 aromatic carbocycles. The summed E-state index contributed by atoms with van der Waals surface area (Å²) < 4.78 is 0. The van der Waals surface area contributed by atoms with Gasteiger partial charge < -0.3 is 20.4 Å². The number of carboxylic acids is 4. The fraction of sp³-hybridized carbons (Fsp3) is 0. The monoisotopic (exact) mass is 404 g/mol. The first-order valence-corrected chi connectivity index (χ1v) is 8.59. The second-order valence-corrected chi connectivity index (χ2v) is 6.68. The van der Waals surface area contributed by atoms with E-state index in [0.29, 0.717) is 32.3 Å². The molecule has 0 amide bonds. The summed E-state index contributed by atoms with van der Waals surface area (Å²) in [5.74, 6) is -5.49. The van der Waals surface area contributed by atoms with E-state index in [-0.39, 0.29) is 22.3 Å². The third-order valence-corrected chi connectivity index (χ3v) is 5.03. The van der Waals surface area contributed by atoms with Gasteiger partial charge in [0.05, 0.1) is 22.3 Å². The van der Waals surface area contributed by atoms with Crippen LogP contribution >= 0.6 is 0 Å². The van der Waals surface area contributed by atoms with Crippen molar-refractivity contribution >= 4 is 56.2 Å². The highest BCUT2D eigenvalue weighted by atomic mass is 16.4. The Kier molecular flexibility index (Phi) is 4.13. The molecule has 4 N–H and O–H groups in total. The highest BCUT2D eigenvalue weighted by molar-refractivity contribution is 6.21. The molecule has 4 aromatic rings. The number of aromatic carboxylic acids is 4. The molecule has 0 bridgehead atoms. The fourth-order valence-corrected chi connectivity index (χ4v) is 3.68. The zero-order chi connectivity index (χ0) is 21.7. The van der Waals surface area contributed by atoms with Crippen molar-refractivity contribution in [3.05, 3.63) is 70.8 Å². The molecule has 148 valence electrons. The van der Waals surface area contributed by atoms with E-state index in [1.54, 1.807) is 24.3 Å². The van der Waals surface area contributed by atoms with Gasteiger partial charge in [-0.15, -0.1) is 0 Å². The summed E-state index contributed by atoms with van der Waals surface area (Å²) in [6, 6.07) is 11.7. The van der Waals surface area contributed by atoms with Crippen LogP contribution in [0.1, 0.15) is 41.4 Å². The molecule has 0 atom stereocenters. The number of hydrogen-bond acceptors (Lipinski definition) is 4. The number of rotatable bonds is 4. The lowest BCUT2D eigenvalue weighted by Crippen LogP contribution is -2.08. The van der Waals surface area contributed by atoms with Crippen LogP contribution in [-0.4, -0.2) is 44.3 Å². The second kappa shape index (κ2) is 6.56. The van der Waals surface area contributed by atoms with Crippen molar-refractivity contribution in [3.63, 3.8) is 0 Å². The Labute approximate surface area is 167 Å². The van der Waals surface area contributed by atoms with Gasteiger partial charge in [-0.1, -0.05) is 24.3 Å². The van der Waals surface area contributed by atoms with Gasteiger partial charge in [-0.05, 0) is 56.6 Å². The molecule has 0 aliphatic carbocycles. The first-order chi connectivity index (χ1) is 14.2. The molecule has 0 saturated carbocycles. The van der Waals surface area contributed by atoms with E-state index >= 15 is 0 Å². The average Bonchev–Trinajstić information content (AvgIpc) is 2.70. The fourth-order valence-electron chi connectivity index (χ4n) is 3.68. The maximum atomic E-state index is 11.6. The van der Waals surface area contributed by atoms with E-state index in [4.69, 9.17) is 0 Å². The minimum Gasteiger partial charge on any atom is -0.478 e. The van der Waals surface area contributed by atoms with Crippen LogP contribution in [0.5, 0.6) is 0 Å². The summed E-state index contributed by atoms with van der Waals surface area (Å²) in [5.41, 5.74) is -1.41. The smallest absolute Gasteiger partial charge is 0.336 e. The van der Waals surface area contributed by atoms with Crippen molar-refractivity contribution < 1.29 is 39.6 Å². The van der Waals surface area contributed by atoms with Gasteiger partial charge in [0.2, 0.25) is 0 Å². The Balaban J connectivity index is 2.14. The van der Waals surface area contributed by atoms with Crippen molar-refractivity contribution in [2.75, 3.05) is 0 Å². The highest BCUT2D eigenvalue weighted by Gasteiger charge is 2.20. The molecule has 0 aliphatic heterocycles. The SMILES string of the molecule is O=C(O)c1cc2ccc3c4cc(C(=O)O)c(C(=O)O)cc4ccc3c2cc1C(=O)O. The Hall–Kier alpha value is -4.46. The van der Waals surface area contributed by atoms with Gasteiger partial charge in [0.25, 0.3) is 0 Å². The molecule has 30 heavy (non-hydrogen) atoms. The molecule has 0 aromatic heterocycles. The minimum atomic E-state index is -1.38. The van der Waals surface area contributed by atoms with Gasteiger partial charge in [-0.2, -0.15) is 0 Å². The van der Waals surface area contributed by atoms with E-state index in [1.165, 1.54) is 24.3 Å². The van der Waals surface area contributed by atoms with E-state index in [0.717, 1.165) is 0 Å². The second-order valence-electron chi connectivity index (χ2n) is 6.68. The van der Waals surface area contributed by atoms with Crippen molar-refractivity contribution in [1.29, 1.82) is 0 Å². The van der Waals surface area contributed by atoms with Crippen LogP contribution in [0.3, 0.4) is 0 Å². The highest BCUT2D eigenvalue weighted by Crippen LogP contribution is 2.34. The lowest BCUT2D eigenvalue weighted by molar-refractivity contribution is 0.0652. The average molecular weight is 404 g/mol. The zero-order valence-electron chi connectivity index (χ0n) is 15.0. The molecule has 0 aliphatic rings. The van der Waals surface area contributed by atoms with Gasteiger partial charge in [-0.3, -0.25) is 0 Å². The Morgan fingerprint density at radius 1 is 0.433 bits per heavy atom. The number of hydrogen-bond donors (Lipinski definition) is 4. The van der Waals surface area contributed by atoms with E-state index in [1.807, 2.05) is 0 Å². The summed E-state index contributed by atoms with van der Waals surface area (Å²) in [4.78, 5) is 46.0. The first-order valence-electron chi connectivity index (χ1n) is 8.59. The van der Waals surface area contributed by atoms with Crippen LogP contribution in [0, 0.1) is 0 Å². The van der Waals surface area contributed by atoms with Gasteiger partial charge in [0.1, 0.15) is 0 Å². The topological polar surface area (TPSA) is 149 Å².